The van der Waals surface area contributed by atoms with Gasteiger partial charge in [-0.15, -0.1) is 0 Å². The van der Waals surface area contributed by atoms with Gasteiger partial charge in [-0.1, -0.05) is 60.7 Å². The molecule has 4 atom stereocenters. The molecule has 4 aromatic carbocycles. The van der Waals surface area contributed by atoms with Crippen LogP contribution in [0.1, 0.15) is 109 Å². The molecule has 0 saturated heterocycles. The zero-order valence-corrected chi connectivity index (χ0v) is 33.7. The molecular weight excluding hydrogens is 781 g/mol. The lowest BCUT2D eigenvalue weighted by atomic mass is 9.90. The van der Waals surface area contributed by atoms with Crippen molar-refractivity contribution in [2.24, 2.45) is 11.8 Å². The van der Waals surface area contributed by atoms with Gasteiger partial charge in [-0.2, -0.15) is 0 Å². The number of Topliss-reactive ketones (excluding diaryl/α,β-unsaturated/α-hetero) is 6. The number of carbonyl (C=O) groups is 8. The summed E-state index contributed by atoms with van der Waals surface area (Å²) in [5.41, 5.74) is -2.43. The molecule has 59 heavy (non-hydrogen) atoms. The Labute approximate surface area is 342 Å². The van der Waals surface area contributed by atoms with Crippen molar-refractivity contribution in [2.75, 3.05) is 0 Å². The topological polar surface area (TPSA) is 213 Å². The summed E-state index contributed by atoms with van der Waals surface area (Å²) in [6, 6.07) is 19.1. The summed E-state index contributed by atoms with van der Waals surface area (Å²) in [4.78, 5) is 107. The second kappa shape index (κ2) is 15.6. The highest BCUT2D eigenvalue weighted by Gasteiger charge is 2.49. The second-order valence-corrected chi connectivity index (χ2v) is 18.0. The van der Waals surface area contributed by atoms with Gasteiger partial charge in [0.2, 0.25) is 9.84 Å². The smallest absolute Gasteiger partial charge is 0.408 e. The molecule has 0 fully saturated rings. The zero-order chi connectivity index (χ0) is 43.2. The number of alkyl carbamates (subject to hydrolysis) is 2. The minimum Gasteiger partial charge on any atom is -0.444 e. The fourth-order valence-corrected chi connectivity index (χ4v) is 8.16. The Morgan fingerprint density at radius 3 is 1.17 bits per heavy atom. The number of hydrogen-bond acceptors (Lipinski definition) is 12. The fraction of sp³-hybridized carbons (Fsp3) is 0.273. The molecule has 0 aromatic heterocycles. The van der Waals surface area contributed by atoms with Gasteiger partial charge < -0.3 is 20.1 Å². The van der Waals surface area contributed by atoms with Gasteiger partial charge >= 0.3 is 12.2 Å². The van der Waals surface area contributed by atoms with Gasteiger partial charge in [0.15, 0.2) is 34.7 Å². The van der Waals surface area contributed by atoms with Crippen LogP contribution >= 0.6 is 0 Å². The lowest BCUT2D eigenvalue weighted by molar-refractivity contribution is -0.123. The SMILES string of the molecule is CC(C)(C)OC(=O)N[C@@H](C(=O)C1C(=O)c2ccc(S(=O)(=O)c3ccc4c(c3)C(=O)C(C(=O)[C@H](NC(=O)OC(C)(C)C)c3ccccc3)C4=O)cc2C1=O)c1ccccc1.[HH].[HH]. The molecule has 4 aromatic rings. The number of hydrogen-bond donors (Lipinski definition) is 2. The van der Waals surface area contributed by atoms with E-state index in [2.05, 4.69) is 10.6 Å². The minimum absolute atomic E-state index is 0. The molecule has 2 N–H and O–H groups in total. The van der Waals surface area contributed by atoms with Crippen molar-refractivity contribution >= 4 is 56.7 Å². The molecule has 2 aliphatic rings. The molecule has 15 heteroatoms. The quantitative estimate of drug-likeness (QED) is 0.161. The van der Waals surface area contributed by atoms with Crippen LogP contribution in [0.5, 0.6) is 0 Å². The van der Waals surface area contributed by atoms with E-state index in [1.165, 1.54) is 24.3 Å². The molecule has 0 saturated carbocycles. The molecule has 308 valence electrons. The average molecular weight is 825 g/mol. The minimum atomic E-state index is -4.57. The molecule has 0 radical (unpaired) electrons. The first-order valence-electron chi connectivity index (χ1n) is 18.5. The Bertz CT molecular complexity index is 2390. The van der Waals surface area contributed by atoms with E-state index in [0.29, 0.717) is 0 Å². The van der Waals surface area contributed by atoms with Crippen molar-refractivity contribution in [3.63, 3.8) is 0 Å². The van der Waals surface area contributed by atoms with Crippen molar-refractivity contribution in [3.8, 4) is 0 Å². The van der Waals surface area contributed by atoms with Gasteiger partial charge in [-0.3, -0.25) is 28.8 Å². The molecule has 2 unspecified atom stereocenters. The Morgan fingerprint density at radius 1 is 0.525 bits per heavy atom. The fourth-order valence-electron chi connectivity index (χ4n) is 6.84. The van der Waals surface area contributed by atoms with Crippen LogP contribution in [0.15, 0.2) is 107 Å². The molecule has 6 rings (SSSR count). The third-order valence-electron chi connectivity index (χ3n) is 9.44. The summed E-state index contributed by atoms with van der Waals surface area (Å²) < 4.78 is 38.7. The number of amides is 2. The van der Waals surface area contributed by atoms with Crippen molar-refractivity contribution in [1.29, 1.82) is 0 Å². The van der Waals surface area contributed by atoms with Gasteiger partial charge in [-0.05, 0) is 89.1 Å². The van der Waals surface area contributed by atoms with E-state index in [9.17, 15) is 46.8 Å². The third kappa shape index (κ3) is 8.51. The van der Waals surface area contributed by atoms with E-state index in [4.69, 9.17) is 9.47 Å². The van der Waals surface area contributed by atoms with E-state index in [-0.39, 0.29) is 36.2 Å². The molecule has 0 aliphatic heterocycles. The molecule has 14 nitrogen and oxygen atoms in total. The molecule has 0 bridgehead atoms. The Hall–Kier alpha value is -6.61. The summed E-state index contributed by atoms with van der Waals surface area (Å²) >= 11 is 0. The van der Waals surface area contributed by atoms with E-state index in [1.807, 2.05) is 0 Å². The summed E-state index contributed by atoms with van der Waals surface area (Å²) in [5.74, 6) is -9.49. The van der Waals surface area contributed by atoms with Gasteiger partial charge in [-0.25, -0.2) is 18.0 Å². The highest BCUT2D eigenvalue weighted by atomic mass is 32.2. The molecular formula is C44H44N2O12S. The highest BCUT2D eigenvalue weighted by molar-refractivity contribution is 7.91. The van der Waals surface area contributed by atoms with Crippen LogP contribution in [0.2, 0.25) is 0 Å². The van der Waals surface area contributed by atoms with Crippen LogP contribution in [0.25, 0.3) is 0 Å². The van der Waals surface area contributed by atoms with E-state index in [1.54, 1.807) is 77.9 Å². The number of carbonyl (C=O) groups excluding carboxylic acids is 8. The van der Waals surface area contributed by atoms with Gasteiger partial charge in [0.25, 0.3) is 0 Å². The van der Waals surface area contributed by atoms with Crippen molar-refractivity contribution in [3.05, 3.63) is 130 Å². The highest BCUT2D eigenvalue weighted by Crippen LogP contribution is 2.37. The summed E-state index contributed by atoms with van der Waals surface area (Å²) in [5, 5.41) is 4.90. The predicted molar refractivity (Wildman–Crippen MR) is 214 cm³/mol. The summed E-state index contributed by atoms with van der Waals surface area (Å²) in [6.45, 7) is 9.70. The maximum Gasteiger partial charge on any atom is 0.408 e. The standard InChI is InChI=1S/C44H40N2O12S.2H2/c1-43(2,3)57-41(53)45-33(23-13-9-7-10-14-23)39(51)31-35(47)27-19-17-25(21-29(27)37(31)49)59(55,56)26-18-20-28-30(22-26)38(50)32(36(28)48)40(52)34(24-15-11-8-12-16-24)46-42(54)58-44(4,5)6;;/h7-22,31-34H,1-6H3,(H,45,53)(H,46,54);2*1H/t31?,32?,33-,34-;;/m1../s1. The number of nitrogens with one attached hydrogen (secondary N) is 2. The first-order valence-corrected chi connectivity index (χ1v) is 19.9. The van der Waals surface area contributed by atoms with Crippen LogP contribution in [-0.4, -0.2) is 66.5 Å². The van der Waals surface area contributed by atoms with Crippen molar-refractivity contribution in [2.45, 2.75) is 74.6 Å². The Kier molecular flexibility index (Phi) is 11.1. The van der Waals surface area contributed by atoms with Gasteiger partial charge in [0, 0.05) is 25.1 Å². The molecule has 0 heterocycles. The molecule has 0 spiro atoms. The van der Waals surface area contributed by atoms with Crippen LogP contribution < -0.4 is 10.6 Å². The number of ether oxygens (including phenoxy) is 2. The van der Waals surface area contributed by atoms with Gasteiger partial charge in [0.1, 0.15) is 35.1 Å². The maximum absolute atomic E-state index is 14.0. The van der Waals surface area contributed by atoms with E-state index >= 15 is 0 Å². The number of fused-ring (bicyclic) bond motifs is 2. The lowest BCUT2D eigenvalue weighted by Crippen LogP contribution is -2.42. The molecule has 2 aliphatic carbocycles. The lowest BCUT2D eigenvalue weighted by Gasteiger charge is -2.24. The summed E-state index contributed by atoms with van der Waals surface area (Å²) in [6.07, 6.45) is -1.94. The van der Waals surface area contributed by atoms with Crippen molar-refractivity contribution < 1.29 is 59.1 Å². The normalized spacial score (nSPS) is 17.4. The largest absolute Gasteiger partial charge is 0.444 e. The van der Waals surface area contributed by atoms with E-state index < -0.39 is 102 Å². The number of rotatable bonds is 10. The zero-order valence-electron chi connectivity index (χ0n) is 32.9. The van der Waals surface area contributed by atoms with Crippen molar-refractivity contribution in [1.82, 2.24) is 10.6 Å². The third-order valence-corrected chi connectivity index (χ3v) is 11.2. The second-order valence-electron chi connectivity index (χ2n) is 16.0. The van der Waals surface area contributed by atoms with Crippen LogP contribution in [-0.2, 0) is 28.9 Å². The predicted octanol–water partition coefficient (Wildman–Crippen LogP) is 6.67. The van der Waals surface area contributed by atoms with Crippen LogP contribution in [0, 0.1) is 11.8 Å². The monoisotopic (exact) mass is 824 g/mol. The van der Waals surface area contributed by atoms with Crippen LogP contribution in [0.4, 0.5) is 9.59 Å². The summed E-state index contributed by atoms with van der Waals surface area (Å²) in [7, 11) is -4.57. The number of sulfone groups is 1. The average Bonchev–Trinajstić information content (AvgIpc) is 3.57. The number of benzene rings is 4. The van der Waals surface area contributed by atoms with Gasteiger partial charge in [0.05, 0.1) is 9.79 Å². The first-order chi connectivity index (χ1) is 27.6. The molecule has 2 amide bonds. The Balaban J connectivity index is 0.00000410. The number of ketones is 6. The van der Waals surface area contributed by atoms with Crippen LogP contribution in [0.3, 0.4) is 0 Å². The Morgan fingerprint density at radius 2 is 0.847 bits per heavy atom. The van der Waals surface area contributed by atoms with E-state index in [0.717, 1.165) is 36.4 Å². The maximum atomic E-state index is 14.0. The first kappa shape index (κ1) is 42.0.